The summed E-state index contributed by atoms with van der Waals surface area (Å²) in [5.74, 6) is -0.535. The highest BCUT2D eigenvalue weighted by atomic mass is 32.1. The van der Waals surface area contributed by atoms with Crippen LogP contribution < -0.4 is 21.7 Å². The minimum Gasteiger partial charge on any atom is -0.464 e. The van der Waals surface area contributed by atoms with Gasteiger partial charge in [-0.05, 0) is 11.8 Å². The van der Waals surface area contributed by atoms with Crippen molar-refractivity contribution in [2.75, 3.05) is 18.9 Å². The van der Waals surface area contributed by atoms with Gasteiger partial charge in [0.1, 0.15) is 12.1 Å². The number of nitrogens with one attached hydrogen (secondary N) is 3. The third kappa shape index (κ3) is 7.25. The van der Waals surface area contributed by atoms with Gasteiger partial charge in [-0.25, -0.2) is 4.79 Å². The fourth-order valence-electron chi connectivity index (χ4n) is 2.96. The first-order valence-electron chi connectivity index (χ1n) is 10.1. The molecule has 2 unspecified atom stereocenters. The molecule has 1 saturated heterocycles. The second-order valence-corrected chi connectivity index (χ2v) is 7.97. The zero-order valence-corrected chi connectivity index (χ0v) is 18.3. The van der Waals surface area contributed by atoms with E-state index >= 15 is 0 Å². The minimum atomic E-state index is -0.724. The molecular weight excluding hydrogens is 380 g/mol. The summed E-state index contributed by atoms with van der Waals surface area (Å²) in [4.78, 5) is 37.4. The maximum absolute atomic E-state index is 13.0. The number of thiol groups is 1. The largest absolute Gasteiger partial charge is 0.464 e. The first-order valence-corrected chi connectivity index (χ1v) is 10.7. The highest BCUT2D eigenvalue weighted by Crippen LogP contribution is 2.13. The van der Waals surface area contributed by atoms with Gasteiger partial charge in [-0.1, -0.05) is 40.5 Å². The number of amides is 2. The number of cyclic esters (lactones) is 1. The fourth-order valence-corrected chi connectivity index (χ4v) is 3.09. The summed E-state index contributed by atoms with van der Waals surface area (Å²) in [5.41, 5.74) is 5.91. The lowest BCUT2D eigenvalue weighted by Crippen LogP contribution is -2.58. The van der Waals surface area contributed by atoms with Crippen LogP contribution in [0.1, 0.15) is 47.0 Å². The van der Waals surface area contributed by atoms with Crippen molar-refractivity contribution < 1.29 is 19.1 Å². The van der Waals surface area contributed by atoms with Crippen molar-refractivity contribution >= 4 is 30.4 Å². The number of hydrogen-bond donors (Lipinski definition) is 5. The SMILES string of the molecule is CCC(C)[C@H](NC[C@@H](N)CS)C(=O)N[C@H](C(=O)N[C@H]1CCOC1=O)C(C)CC. The molecule has 28 heavy (non-hydrogen) atoms. The lowest BCUT2D eigenvalue weighted by Gasteiger charge is -2.29. The van der Waals surface area contributed by atoms with Crippen LogP contribution >= 0.6 is 12.6 Å². The van der Waals surface area contributed by atoms with Crippen LogP contribution in [0.4, 0.5) is 0 Å². The van der Waals surface area contributed by atoms with E-state index in [1.807, 2.05) is 27.7 Å². The summed E-state index contributed by atoms with van der Waals surface area (Å²) < 4.78 is 4.89. The summed E-state index contributed by atoms with van der Waals surface area (Å²) in [5, 5.41) is 8.81. The van der Waals surface area contributed by atoms with E-state index in [2.05, 4.69) is 28.6 Å². The third-order valence-corrected chi connectivity index (χ3v) is 5.84. The normalized spacial score (nSPS) is 21.9. The number of carbonyl (C=O) groups excluding carboxylic acids is 3. The van der Waals surface area contributed by atoms with Gasteiger partial charge in [0.05, 0.1) is 12.6 Å². The Labute approximate surface area is 173 Å². The number of rotatable bonds is 12. The monoisotopic (exact) mass is 416 g/mol. The van der Waals surface area contributed by atoms with Crippen molar-refractivity contribution in [3.05, 3.63) is 0 Å². The number of hydrogen-bond acceptors (Lipinski definition) is 7. The molecule has 162 valence electrons. The molecule has 0 spiro atoms. The quantitative estimate of drug-likeness (QED) is 0.229. The Morgan fingerprint density at radius 3 is 2.29 bits per heavy atom. The lowest BCUT2D eigenvalue weighted by atomic mass is 9.94. The Kier molecular flexibility index (Phi) is 10.8. The topological polar surface area (TPSA) is 123 Å². The lowest BCUT2D eigenvalue weighted by molar-refractivity contribution is -0.142. The van der Waals surface area contributed by atoms with Gasteiger partial charge in [0.2, 0.25) is 11.8 Å². The van der Waals surface area contributed by atoms with Crippen molar-refractivity contribution in [3.63, 3.8) is 0 Å². The van der Waals surface area contributed by atoms with Crippen LogP contribution in [0.3, 0.4) is 0 Å². The molecule has 1 aliphatic rings. The third-order valence-electron chi connectivity index (χ3n) is 5.37. The molecule has 0 bridgehead atoms. The molecule has 0 aromatic heterocycles. The highest BCUT2D eigenvalue weighted by Gasteiger charge is 2.34. The maximum atomic E-state index is 13.0. The van der Waals surface area contributed by atoms with Crippen LogP contribution in [0.15, 0.2) is 0 Å². The summed E-state index contributed by atoms with van der Waals surface area (Å²) in [6, 6.07) is -2.00. The van der Waals surface area contributed by atoms with E-state index in [0.717, 1.165) is 6.42 Å². The first-order chi connectivity index (χ1) is 13.2. The molecule has 0 aliphatic carbocycles. The molecule has 1 aliphatic heterocycles. The van der Waals surface area contributed by atoms with Crippen LogP contribution in [0.5, 0.6) is 0 Å². The van der Waals surface area contributed by atoms with E-state index in [1.165, 1.54) is 0 Å². The summed E-state index contributed by atoms with van der Waals surface area (Å²) in [6.45, 7) is 8.61. The van der Waals surface area contributed by atoms with E-state index in [9.17, 15) is 14.4 Å². The van der Waals surface area contributed by atoms with Gasteiger partial charge in [0.25, 0.3) is 0 Å². The number of ether oxygens (including phenoxy) is 1. The molecular formula is C19H36N4O4S. The minimum absolute atomic E-state index is 0.0672. The number of carbonyl (C=O) groups is 3. The zero-order chi connectivity index (χ0) is 21.3. The van der Waals surface area contributed by atoms with Crippen LogP contribution in [0.25, 0.3) is 0 Å². The zero-order valence-electron chi connectivity index (χ0n) is 17.4. The fraction of sp³-hybridized carbons (Fsp3) is 0.842. The van der Waals surface area contributed by atoms with Crippen molar-refractivity contribution in [2.45, 2.75) is 71.1 Å². The van der Waals surface area contributed by atoms with Crippen molar-refractivity contribution in [1.29, 1.82) is 0 Å². The van der Waals surface area contributed by atoms with Gasteiger partial charge < -0.3 is 26.4 Å². The molecule has 0 aromatic rings. The second-order valence-electron chi connectivity index (χ2n) is 7.60. The van der Waals surface area contributed by atoms with Gasteiger partial charge in [0, 0.05) is 24.8 Å². The Morgan fingerprint density at radius 1 is 1.18 bits per heavy atom. The number of esters is 1. The molecule has 9 heteroatoms. The average Bonchev–Trinajstić information content (AvgIpc) is 3.09. The molecule has 0 radical (unpaired) electrons. The second kappa shape index (κ2) is 12.3. The Balaban J connectivity index is 2.84. The van der Waals surface area contributed by atoms with E-state index in [1.54, 1.807) is 0 Å². The van der Waals surface area contributed by atoms with Crippen LogP contribution in [0.2, 0.25) is 0 Å². The van der Waals surface area contributed by atoms with Gasteiger partial charge in [-0.15, -0.1) is 0 Å². The smallest absolute Gasteiger partial charge is 0.328 e. The first kappa shape index (κ1) is 24.7. The molecule has 5 N–H and O–H groups in total. The van der Waals surface area contributed by atoms with Crippen molar-refractivity contribution in [2.24, 2.45) is 17.6 Å². The predicted octanol–water partition coefficient (Wildman–Crippen LogP) is 0.210. The molecule has 0 aromatic carbocycles. The van der Waals surface area contributed by atoms with E-state index in [0.29, 0.717) is 31.7 Å². The molecule has 8 nitrogen and oxygen atoms in total. The Hall–Kier alpha value is -1.32. The average molecular weight is 417 g/mol. The summed E-state index contributed by atoms with van der Waals surface area (Å²) >= 11 is 4.17. The molecule has 0 saturated carbocycles. The van der Waals surface area contributed by atoms with Crippen LogP contribution in [0, 0.1) is 11.8 Å². The molecule has 6 atom stereocenters. The van der Waals surface area contributed by atoms with Gasteiger partial charge >= 0.3 is 5.97 Å². The highest BCUT2D eigenvalue weighted by molar-refractivity contribution is 7.80. The summed E-state index contributed by atoms with van der Waals surface area (Å²) in [6.07, 6.45) is 1.96. The number of nitrogens with two attached hydrogens (primary N) is 1. The maximum Gasteiger partial charge on any atom is 0.328 e. The molecule has 1 heterocycles. The Morgan fingerprint density at radius 2 is 1.79 bits per heavy atom. The van der Waals surface area contributed by atoms with Gasteiger partial charge in [-0.3, -0.25) is 9.59 Å². The molecule has 2 amide bonds. The van der Waals surface area contributed by atoms with Gasteiger partial charge in [0.15, 0.2) is 0 Å². The van der Waals surface area contributed by atoms with Crippen molar-refractivity contribution in [3.8, 4) is 0 Å². The summed E-state index contributed by atoms with van der Waals surface area (Å²) in [7, 11) is 0. The standard InChI is InChI=1S/C19H36N4O4S/c1-5-11(3)15(21-9-13(20)10-28)17(24)23-16(12(4)6-2)18(25)22-14-7-8-27-19(14)26/h11-16,21,28H,5-10,20H2,1-4H3,(H,22,25)(H,23,24)/t11?,12?,13-,14+,15+,16+/m1/s1. The van der Waals surface area contributed by atoms with Crippen molar-refractivity contribution in [1.82, 2.24) is 16.0 Å². The molecule has 1 rings (SSSR count). The predicted molar refractivity (Wildman–Crippen MR) is 112 cm³/mol. The van der Waals surface area contributed by atoms with E-state index < -0.39 is 24.1 Å². The Bertz CT molecular complexity index is 534. The van der Waals surface area contributed by atoms with Gasteiger partial charge in [-0.2, -0.15) is 12.6 Å². The van der Waals surface area contributed by atoms with E-state index in [-0.39, 0.29) is 29.7 Å². The van der Waals surface area contributed by atoms with E-state index in [4.69, 9.17) is 10.5 Å². The molecule has 1 fully saturated rings. The van der Waals surface area contributed by atoms with Crippen LogP contribution in [-0.2, 0) is 19.1 Å². The van der Waals surface area contributed by atoms with Crippen LogP contribution in [-0.4, -0.2) is 60.9 Å².